The van der Waals surface area contributed by atoms with E-state index >= 15 is 0 Å². The van der Waals surface area contributed by atoms with Gasteiger partial charge in [0.05, 0.1) is 23.9 Å². The van der Waals surface area contributed by atoms with E-state index in [1.807, 2.05) is 18.2 Å². The normalized spacial score (nSPS) is 20.8. The smallest absolute Gasteiger partial charge is 0.225 e. The molecule has 2 aliphatic rings. The Morgan fingerprint density at radius 3 is 3.04 bits per heavy atom. The number of aromatic nitrogens is 3. The molecule has 6 heteroatoms. The standard InChI is InChI=1S/C18H23N5O/c24-18(20-11-15-10-16(22-21-15)13-6-7-13)14-4-3-9-23(12-14)17-5-1-2-8-19-17/h1-2,5,8,10,13-14H,3-4,6-7,9,11-12H2,(H,20,24)(H,21,22). The van der Waals surface area contributed by atoms with Gasteiger partial charge in [-0.1, -0.05) is 6.07 Å². The Labute approximate surface area is 141 Å². The summed E-state index contributed by atoms with van der Waals surface area (Å²) in [6, 6.07) is 7.99. The maximum Gasteiger partial charge on any atom is 0.225 e. The van der Waals surface area contributed by atoms with Gasteiger partial charge >= 0.3 is 0 Å². The molecule has 2 fully saturated rings. The highest BCUT2D eigenvalue weighted by Crippen LogP contribution is 2.38. The van der Waals surface area contributed by atoms with Crippen molar-refractivity contribution in [1.29, 1.82) is 0 Å². The quantitative estimate of drug-likeness (QED) is 0.884. The highest BCUT2D eigenvalue weighted by Gasteiger charge is 2.27. The molecule has 2 aromatic rings. The Bertz CT molecular complexity index is 694. The molecule has 1 aliphatic carbocycles. The lowest BCUT2D eigenvalue weighted by molar-refractivity contribution is -0.125. The molecule has 0 spiro atoms. The molecule has 1 unspecified atom stereocenters. The number of anilines is 1. The third kappa shape index (κ3) is 3.42. The number of nitrogens with zero attached hydrogens (tertiary/aromatic N) is 3. The minimum atomic E-state index is 0.0200. The van der Waals surface area contributed by atoms with E-state index in [1.54, 1.807) is 6.20 Å². The Hall–Kier alpha value is -2.37. The van der Waals surface area contributed by atoms with E-state index in [-0.39, 0.29) is 11.8 Å². The molecule has 126 valence electrons. The predicted octanol–water partition coefficient (Wildman–Crippen LogP) is 2.21. The third-order valence-corrected chi connectivity index (χ3v) is 4.86. The van der Waals surface area contributed by atoms with Gasteiger partial charge in [-0.3, -0.25) is 9.89 Å². The molecule has 0 radical (unpaired) electrons. The van der Waals surface area contributed by atoms with Crippen molar-refractivity contribution in [1.82, 2.24) is 20.5 Å². The number of amides is 1. The molecule has 1 atom stereocenters. The van der Waals surface area contributed by atoms with Gasteiger partial charge in [-0.25, -0.2) is 4.98 Å². The number of carbonyl (C=O) groups excluding carboxylic acids is 1. The summed E-state index contributed by atoms with van der Waals surface area (Å²) < 4.78 is 0. The van der Waals surface area contributed by atoms with Gasteiger partial charge in [-0.05, 0) is 43.9 Å². The molecule has 2 N–H and O–H groups in total. The molecule has 2 aromatic heterocycles. The van der Waals surface area contributed by atoms with Crippen molar-refractivity contribution in [2.75, 3.05) is 18.0 Å². The first-order valence-corrected chi connectivity index (χ1v) is 8.77. The first-order valence-electron chi connectivity index (χ1n) is 8.77. The van der Waals surface area contributed by atoms with Crippen LogP contribution in [-0.4, -0.2) is 34.2 Å². The van der Waals surface area contributed by atoms with Crippen molar-refractivity contribution in [2.45, 2.75) is 38.1 Å². The van der Waals surface area contributed by atoms with Crippen LogP contribution in [0.1, 0.15) is 43.0 Å². The van der Waals surface area contributed by atoms with Crippen molar-refractivity contribution in [3.05, 3.63) is 41.9 Å². The molecule has 1 amide bonds. The van der Waals surface area contributed by atoms with E-state index in [0.29, 0.717) is 12.5 Å². The number of pyridine rings is 1. The highest BCUT2D eigenvalue weighted by molar-refractivity contribution is 5.79. The average Bonchev–Trinajstić information content (AvgIpc) is 3.39. The molecule has 4 rings (SSSR count). The minimum absolute atomic E-state index is 0.0200. The summed E-state index contributed by atoms with van der Waals surface area (Å²) in [5.74, 6) is 1.73. The van der Waals surface area contributed by atoms with Gasteiger partial charge < -0.3 is 10.2 Å². The van der Waals surface area contributed by atoms with Crippen molar-refractivity contribution in [3.8, 4) is 0 Å². The monoisotopic (exact) mass is 325 g/mol. The summed E-state index contributed by atoms with van der Waals surface area (Å²) in [7, 11) is 0. The van der Waals surface area contributed by atoms with Crippen LogP contribution in [-0.2, 0) is 11.3 Å². The lowest BCUT2D eigenvalue weighted by Gasteiger charge is -2.32. The predicted molar refractivity (Wildman–Crippen MR) is 91.6 cm³/mol. The number of piperidine rings is 1. The molecule has 3 heterocycles. The second kappa shape index (κ2) is 6.63. The van der Waals surface area contributed by atoms with E-state index in [0.717, 1.165) is 43.1 Å². The van der Waals surface area contributed by atoms with Crippen LogP contribution in [0, 0.1) is 5.92 Å². The van der Waals surface area contributed by atoms with Crippen LogP contribution < -0.4 is 10.2 Å². The molecular weight excluding hydrogens is 302 g/mol. The first-order chi connectivity index (χ1) is 11.8. The Morgan fingerprint density at radius 2 is 2.25 bits per heavy atom. The fraction of sp³-hybridized carbons (Fsp3) is 0.500. The van der Waals surface area contributed by atoms with Crippen molar-refractivity contribution >= 4 is 11.7 Å². The lowest BCUT2D eigenvalue weighted by Crippen LogP contribution is -2.43. The van der Waals surface area contributed by atoms with Crippen LogP contribution in [0.15, 0.2) is 30.5 Å². The topological polar surface area (TPSA) is 73.9 Å². The first kappa shape index (κ1) is 15.2. The number of rotatable bonds is 5. The highest BCUT2D eigenvalue weighted by atomic mass is 16.1. The number of H-pyrrole nitrogens is 1. The fourth-order valence-corrected chi connectivity index (χ4v) is 3.32. The van der Waals surface area contributed by atoms with Crippen molar-refractivity contribution in [2.24, 2.45) is 5.92 Å². The molecule has 1 saturated carbocycles. The maximum absolute atomic E-state index is 12.5. The van der Waals surface area contributed by atoms with Gasteiger partial charge in [0.15, 0.2) is 0 Å². The zero-order chi connectivity index (χ0) is 16.4. The van der Waals surface area contributed by atoms with Gasteiger partial charge in [-0.2, -0.15) is 5.10 Å². The van der Waals surface area contributed by atoms with E-state index in [4.69, 9.17) is 0 Å². The van der Waals surface area contributed by atoms with Gasteiger partial charge in [0, 0.05) is 25.2 Å². The summed E-state index contributed by atoms with van der Waals surface area (Å²) in [5, 5.41) is 10.4. The SMILES string of the molecule is O=C(NCc1cc(C2CC2)n[nH]1)C1CCCN(c2ccccn2)C1. The number of hydrogen-bond donors (Lipinski definition) is 2. The van der Waals surface area contributed by atoms with Crippen LogP contribution in [0.3, 0.4) is 0 Å². The van der Waals surface area contributed by atoms with Gasteiger partial charge in [-0.15, -0.1) is 0 Å². The number of aromatic amines is 1. The van der Waals surface area contributed by atoms with Crippen LogP contribution >= 0.6 is 0 Å². The third-order valence-electron chi connectivity index (χ3n) is 4.86. The Kier molecular flexibility index (Phi) is 4.19. The Balaban J connectivity index is 1.31. The Morgan fingerprint density at radius 1 is 1.33 bits per heavy atom. The van der Waals surface area contributed by atoms with Crippen LogP contribution in [0.25, 0.3) is 0 Å². The molecule has 6 nitrogen and oxygen atoms in total. The van der Waals surface area contributed by atoms with E-state index in [1.165, 1.54) is 12.8 Å². The second-order valence-electron chi connectivity index (χ2n) is 6.78. The van der Waals surface area contributed by atoms with Gasteiger partial charge in [0.1, 0.15) is 5.82 Å². The second-order valence-corrected chi connectivity index (χ2v) is 6.78. The summed E-state index contributed by atoms with van der Waals surface area (Å²) >= 11 is 0. The average molecular weight is 325 g/mol. The van der Waals surface area contributed by atoms with E-state index in [9.17, 15) is 4.79 Å². The minimum Gasteiger partial charge on any atom is -0.356 e. The molecular formula is C18H23N5O. The molecule has 24 heavy (non-hydrogen) atoms. The molecule has 1 aliphatic heterocycles. The summed E-state index contributed by atoms with van der Waals surface area (Å²) in [5.41, 5.74) is 2.13. The largest absolute Gasteiger partial charge is 0.356 e. The van der Waals surface area contributed by atoms with Gasteiger partial charge in [0.25, 0.3) is 0 Å². The summed E-state index contributed by atoms with van der Waals surface area (Å²) in [4.78, 5) is 19.1. The zero-order valence-corrected chi connectivity index (χ0v) is 13.7. The summed E-state index contributed by atoms with van der Waals surface area (Å²) in [6.45, 7) is 2.23. The number of carbonyl (C=O) groups is 1. The van der Waals surface area contributed by atoms with Gasteiger partial charge in [0.2, 0.25) is 5.91 Å². The molecule has 1 saturated heterocycles. The van der Waals surface area contributed by atoms with Crippen LogP contribution in [0.5, 0.6) is 0 Å². The van der Waals surface area contributed by atoms with Crippen LogP contribution in [0.2, 0.25) is 0 Å². The maximum atomic E-state index is 12.5. The van der Waals surface area contributed by atoms with E-state index in [2.05, 4.69) is 31.5 Å². The molecule has 0 aromatic carbocycles. The van der Waals surface area contributed by atoms with Crippen LogP contribution in [0.4, 0.5) is 5.82 Å². The van der Waals surface area contributed by atoms with Crippen molar-refractivity contribution < 1.29 is 4.79 Å². The summed E-state index contributed by atoms with van der Waals surface area (Å²) in [6.07, 6.45) is 6.23. The zero-order valence-electron chi connectivity index (χ0n) is 13.7. The lowest BCUT2D eigenvalue weighted by atomic mass is 9.97. The number of hydrogen-bond acceptors (Lipinski definition) is 4. The molecule has 0 bridgehead atoms. The fourth-order valence-electron chi connectivity index (χ4n) is 3.32. The number of nitrogens with one attached hydrogen (secondary N) is 2. The van der Waals surface area contributed by atoms with E-state index < -0.39 is 0 Å². The van der Waals surface area contributed by atoms with Crippen molar-refractivity contribution in [3.63, 3.8) is 0 Å².